The lowest BCUT2D eigenvalue weighted by Crippen LogP contribution is -2.44. The molecular formula is C21H24N4O2. The standard InChI is InChI=1S/C21H24N4O2/c22-12-4-14-25(15-5-13-23)21(27)19-10-16-24(17-11-19)20(26)9-8-18-6-2-1-3-7-18/h1-3,6-9,19H,4-5,10-11,14-17H2. The highest BCUT2D eigenvalue weighted by atomic mass is 16.2. The van der Waals surface area contributed by atoms with Crippen LogP contribution in [0.5, 0.6) is 0 Å². The van der Waals surface area contributed by atoms with E-state index in [-0.39, 0.29) is 30.6 Å². The SMILES string of the molecule is N#CCCN(CCC#N)C(=O)C1CCN(C(=O)C=Cc2ccccc2)CC1. The molecule has 6 heteroatoms. The lowest BCUT2D eigenvalue weighted by atomic mass is 9.95. The van der Waals surface area contributed by atoms with E-state index in [1.165, 1.54) is 0 Å². The van der Waals surface area contributed by atoms with Gasteiger partial charge in [-0.2, -0.15) is 10.5 Å². The van der Waals surface area contributed by atoms with E-state index in [0.717, 1.165) is 5.56 Å². The number of amides is 2. The second-order valence-corrected chi connectivity index (χ2v) is 6.49. The first-order valence-electron chi connectivity index (χ1n) is 9.20. The third-order valence-corrected chi connectivity index (χ3v) is 4.67. The summed E-state index contributed by atoms with van der Waals surface area (Å²) in [6.45, 7) is 1.80. The molecule has 0 atom stereocenters. The van der Waals surface area contributed by atoms with Crippen LogP contribution in [0.1, 0.15) is 31.2 Å². The highest BCUT2D eigenvalue weighted by Crippen LogP contribution is 2.20. The van der Waals surface area contributed by atoms with E-state index >= 15 is 0 Å². The average Bonchev–Trinajstić information content (AvgIpc) is 2.72. The topological polar surface area (TPSA) is 88.2 Å². The Balaban J connectivity index is 1.86. The van der Waals surface area contributed by atoms with Gasteiger partial charge in [-0.25, -0.2) is 0 Å². The third kappa shape index (κ3) is 6.27. The zero-order valence-electron chi connectivity index (χ0n) is 15.4. The number of hydrogen-bond donors (Lipinski definition) is 0. The van der Waals surface area contributed by atoms with Crippen molar-refractivity contribution in [1.29, 1.82) is 10.5 Å². The monoisotopic (exact) mass is 364 g/mol. The second-order valence-electron chi connectivity index (χ2n) is 6.49. The molecular weight excluding hydrogens is 340 g/mol. The van der Waals surface area contributed by atoms with Gasteiger partial charge in [0.1, 0.15) is 0 Å². The van der Waals surface area contributed by atoms with E-state index in [1.807, 2.05) is 42.5 Å². The number of rotatable bonds is 7. The van der Waals surface area contributed by atoms with Crippen molar-refractivity contribution in [3.8, 4) is 12.1 Å². The van der Waals surface area contributed by atoms with Crippen LogP contribution in [0.4, 0.5) is 0 Å². The number of carbonyl (C=O) groups excluding carboxylic acids is 2. The van der Waals surface area contributed by atoms with Gasteiger partial charge < -0.3 is 9.80 Å². The van der Waals surface area contributed by atoms with Gasteiger partial charge in [0.2, 0.25) is 11.8 Å². The van der Waals surface area contributed by atoms with Crippen molar-refractivity contribution in [2.75, 3.05) is 26.2 Å². The van der Waals surface area contributed by atoms with Crippen molar-refractivity contribution in [3.05, 3.63) is 42.0 Å². The molecule has 0 saturated carbocycles. The van der Waals surface area contributed by atoms with Crippen molar-refractivity contribution < 1.29 is 9.59 Å². The van der Waals surface area contributed by atoms with Crippen molar-refractivity contribution in [2.45, 2.75) is 25.7 Å². The fraction of sp³-hybridized carbons (Fsp3) is 0.429. The Morgan fingerprint density at radius 2 is 1.67 bits per heavy atom. The summed E-state index contributed by atoms with van der Waals surface area (Å²) in [6.07, 6.45) is 5.12. The first kappa shape index (κ1) is 20.2. The highest BCUT2D eigenvalue weighted by molar-refractivity contribution is 5.92. The molecule has 1 aromatic carbocycles. The lowest BCUT2D eigenvalue weighted by Gasteiger charge is -2.33. The zero-order valence-corrected chi connectivity index (χ0v) is 15.4. The van der Waals surface area contributed by atoms with E-state index in [0.29, 0.717) is 39.0 Å². The Kier molecular flexibility index (Phi) is 8.06. The molecule has 1 aromatic rings. The molecule has 27 heavy (non-hydrogen) atoms. The number of carbonyl (C=O) groups is 2. The van der Waals surface area contributed by atoms with Gasteiger partial charge in [-0.1, -0.05) is 30.3 Å². The van der Waals surface area contributed by atoms with Crippen LogP contribution in [0.3, 0.4) is 0 Å². The maximum absolute atomic E-state index is 12.7. The molecule has 0 bridgehead atoms. The van der Waals surface area contributed by atoms with Crippen LogP contribution in [0, 0.1) is 28.6 Å². The molecule has 1 fully saturated rings. The summed E-state index contributed by atoms with van der Waals surface area (Å²) < 4.78 is 0. The number of nitrogens with zero attached hydrogens (tertiary/aromatic N) is 4. The third-order valence-electron chi connectivity index (χ3n) is 4.67. The molecule has 1 aliphatic heterocycles. The van der Waals surface area contributed by atoms with Crippen LogP contribution in [0.15, 0.2) is 36.4 Å². The summed E-state index contributed by atoms with van der Waals surface area (Å²) in [6, 6.07) is 13.7. The average molecular weight is 364 g/mol. The predicted octanol–water partition coefficient (Wildman–Crippen LogP) is 2.59. The summed E-state index contributed by atoms with van der Waals surface area (Å²) in [5.41, 5.74) is 0.974. The molecule has 2 amide bonds. The zero-order chi connectivity index (χ0) is 19.5. The summed E-state index contributed by atoms with van der Waals surface area (Å²) in [5.74, 6) is -0.201. The number of hydrogen-bond acceptors (Lipinski definition) is 4. The summed E-state index contributed by atoms with van der Waals surface area (Å²) >= 11 is 0. The predicted molar refractivity (Wildman–Crippen MR) is 102 cm³/mol. The Hall–Kier alpha value is -3.12. The van der Waals surface area contributed by atoms with Gasteiger partial charge in [0, 0.05) is 38.2 Å². The molecule has 0 aliphatic carbocycles. The van der Waals surface area contributed by atoms with Crippen LogP contribution in [0.25, 0.3) is 6.08 Å². The number of nitriles is 2. The minimum Gasteiger partial charge on any atom is -0.340 e. The van der Waals surface area contributed by atoms with Crippen molar-refractivity contribution in [3.63, 3.8) is 0 Å². The number of benzene rings is 1. The molecule has 0 aromatic heterocycles. The van der Waals surface area contributed by atoms with E-state index < -0.39 is 0 Å². The molecule has 1 aliphatic rings. The Labute approximate surface area is 160 Å². The van der Waals surface area contributed by atoms with Gasteiger partial charge in [-0.3, -0.25) is 9.59 Å². The first-order valence-corrected chi connectivity index (χ1v) is 9.20. The minimum atomic E-state index is -0.149. The van der Waals surface area contributed by atoms with Gasteiger partial charge >= 0.3 is 0 Å². The molecule has 1 saturated heterocycles. The second kappa shape index (κ2) is 10.8. The Morgan fingerprint density at radius 3 is 2.22 bits per heavy atom. The van der Waals surface area contributed by atoms with Gasteiger partial charge in [0.15, 0.2) is 0 Å². The number of piperidine rings is 1. The van der Waals surface area contributed by atoms with Crippen molar-refractivity contribution in [1.82, 2.24) is 9.80 Å². The molecule has 0 radical (unpaired) electrons. The Morgan fingerprint density at radius 1 is 1.07 bits per heavy atom. The van der Waals surface area contributed by atoms with Gasteiger partial charge in [-0.05, 0) is 24.5 Å². The first-order chi connectivity index (χ1) is 13.2. The van der Waals surface area contributed by atoms with Gasteiger partial charge in [0.05, 0.1) is 25.0 Å². The van der Waals surface area contributed by atoms with E-state index in [4.69, 9.17) is 10.5 Å². The molecule has 6 nitrogen and oxygen atoms in total. The van der Waals surface area contributed by atoms with Crippen LogP contribution in [-0.2, 0) is 9.59 Å². The minimum absolute atomic E-state index is 0.00701. The molecule has 0 N–H and O–H groups in total. The molecule has 140 valence electrons. The number of likely N-dealkylation sites (tertiary alicyclic amines) is 1. The van der Waals surface area contributed by atoms with Crippen LogP contribution in [-0.4, -0.2) is 47.8 Å². The summed E-state index contributed by atoms with van der Waals surface area (Å²) in [5, 5.41) is 17.5. The molecule has 1 heterocycles. The van der Waals surface area contributed by atoms with Gasteiger partial charge in [-0.15, -0.1) is 0 Å². The van der Waals surface area contributed by atoms with Gasteiger partial charge in [0.25, 0.3) is 0 Å². The smallest absolute Gasteiger partial charge is 0.246 e. The van der Waals surface area contributed by atoms with Crippen molar-refractivity contribution >= 4 is 17.9 Å². The summed E-state index contributed by atoms with van der Waals surface area (Å²) in [4.78, 5) is 28.4. The van der Waals surface area contributed by atoms with Crippen LogP contribution < -0.4 is 0 Å². The van der Waals surface area contributed by atoms with E-state index in [9.17, 15) is 9.59 Å². The fourth-order valence-electron chi connectivity index (χ4n) is 3.14. The normalized spacial score (nSPS) is 14.5. The fourth-order valence-corrected chi connectivity index (χ4v) is 3.14. The van der Waals surface area contributed by atoms with Crippen LogP contribution in [0.2, 0.25) is 0 Å². The summed E-state index contributed by atoms with van der Waals surface area (Å²) in [7, 11) is 0. The molecule has 0 unspecified atom stereocenters. The van der Waals surface area contributed by atoms with E-state index in [2.05, 4.69) is 0 Å². The van der Waals surface area contributed by atoms with Crippen molar-refractivity contribution in [2.24, 2.45) is 5.92 Å². The Bertz CT molecular complexity index is 720. The maximum atomic E-state index is 12.7. The molecule has 0 spiro atoms. The van der Waals surface area contributed by atoms with E-state index in [1.54, 1.807) is 22.0 Å². The largest absolute Gasteiger partial charge is 0.340 e. The van der Waals surface area contributed by atoms with Crippen LogP contribution >= 0.6 is 0 Å². The lowest BCUT2D eigenvalue weighted by molar-refractivity contribution is -0.139. The maximum Gasteiger partial charge on any atom is 0.246 e. The molecule has 2 rings (SSSR count). The quantitative estimate of drug-likeness (QED) is 0.696. The highest BCUT2D eigenvalue weighted by Gasteiger charge is 2.29.